The largest absolute Gasteiger partial charge is 0.481 e. The topological polar surface area (TPSA) is 237 Å². The Bertz CT molecular complexity index is 1720. The van der Waals surface area contributed by atoms with Gasteiger partial charge in [-0.3, -0.25) is 33.6 Å². The number of carboxylic acids is 2. The molecule has 0 aliphatic carbocycles. The number of benzene rings is 2. The van der Waals surface area contributed by atoms with Gasteiger partial charge < -0.3 is 42.1 Å². The molecule has 15 heteroatoms. The number of amides is 5. The highest BCUT2D eigenvalue weighted by molar-refractivity contribution is 5.96. The van der Waals surface area contributed by atoms with Crippen molar-refractivity contribution in [2.75, 3.05) is 11.9 Å². The summed E-state index contributed by atoms with van der Waals surface area (Å²) >= 11 is 0. The first-order valence-electron chi connectivity index (χ1n) is 17.2. The monoisotopic (exact) mass is 718 g/mol. The van der Waals surface area contributed by atoms with Crippen LogP contribution in [0.1, 0.15) is 67.8 Å². The summed E-state index contributed by atoms with van der Waals surface area (Å²) in [5.74, 6) is -6.05. The molecule has 5 amide bonds. The molecule has 1 unspecified atom stereocenters. The van der Waals surface area contributed by atoms with E-state index in [-0.39, 0.29) is 25.8 Å². The second-order valence-electron chi connectivity index (χ2n) is 13.5. The van der Waals surface area contributed by atoms with Crippen LogP contribution in [0.5, 0.6) is 0 Å². The van der Waals surface area contributed by atoms with Crippen molar-refractivity contribution >= 4 is 47.2 Å². The predicted molar refractivity (Wildman–Crippen MR) is 190 cm³/mol. The van der Waals surface area contributed by atoms with Crippen LogP contribution in [0.2, 0.25) is 0 Å². The van der Waals surface area contributed by atoms with Crippen molar-refractivity contribution in [3.63, 3.8) is 0 Å². The Morgan fingerprint density at radius 3 is 2.35 bits per heavy atom. The summed E-state index contributed by atoms with van der Waals surface area (Å²) in [7, 11) is 0. The second-order valence-corrected chi connectivity index (χ2v) is 13.5. The highest BCUT2D eigenvalue weighted by Gasteiger charge is 2.41. The van der Waals surface area contributed by atoms with E-state index in [0.29, 0.717) is 18.4 Å². The lowest BCUT2D eigenvalue weighted by Gasteiger charge is -2.40. The first-order chi connectivity index (χ1) is 24.6. The lowest BCUT2D eigenvalue weighted by molar-refractivity contribution is -0.146. The SMILES string of the molecule is Cc1ccc2c(c1)CCN(C(=O)[C@@H](NC(=O)[C@H](CCCC(=O)O)NC(=O)C1Cc3ccccc3N1)C(C)C)[C@@H]2C(=O)N[C@H](/C=C/C(N)=O)CC(=O)O. The maximum absolute atomic E-state index is 14.4. The van der Waals surface area contributed by atoms with E-state index in [9.17, 15) is 43.8 Å². The number of carboxylic acid groups (broad SMARTS) is 2. The molecule has 2 aromatic carbocycles. The molecule has 15 nitrogen and oxygen atoms in total. The van der Waals surface area contributed by atoms with Crippen molar-refractivity contribution in [2.24, 2.45) is 11.7 Å². The Morgan fingerprint density at radius 1 is 0.962 bits per heavy atom. The first-order valence-corrected chi connectivity index (χ1v) is 17.2. The maximum Gasteiger partial charge on any atom is 0.305 e. The number of hydrogen-bond acceptors (Lipinski definition) is 8. The standard InChI is InChI=1S/C37H46N6O9/c1-20(2)32(42-34(49)27(9-6-10-30(45)46)41-35(50)28-18-23-7-4-5-8-26(23)40-28)37(52)43-16-15-22-17-21(3)11-13-25(22)33(43)36(51)39-24(19-31(47)48)12-14-29(38)44/h4-5,7-8,11-14,17,20,24,27-28,32-33,40H,6,9-10,15-16,18-19H2,1-3H3,(H2,38,44)(H,39,51)(H,41,50)(H,42,49)(H,45,46)(H,47,48)/b14-12+/t24-,27+,28?,32+,33+/m1/s1. The Hall–Kier alpha value is -5.73. The van der Waals surface area contributed by atoms with E-state index in [1.54, 1.807) is 26.0 Å². The van der Waals surface area contributed by atoms with Crippen molar-refractivity contribution < 1.29 is 43.8 Å². The van der Waals surface area contributed by atoms with Crippen LogP contribution < -0.4 is 27.0 Å². The molecule has 0 saturated heterocycles. The number of anilines is 1. The van der Waals surface area contributed by atoms with E-state index in [1.165, 1.54) is 11.0 Å². The van der Waals surface area contributed by atoms with Gasteiger partial charge in [-0.1, -0.05) is 61.9 Å². The van der Waals surface area contributed by atoms with Crippen LogP contribution in [0.15, 0.2) is 54.6 Å². The number of primary amides is 1. The highest BCUT2D eigenvalue weighted by Crippen LogP contribution is 2.32. The van der Waals surface area contributed by atoms with Gasteiger partial charge in [-0.2, -0.15) is 0 Å². The molecule has 2 aliphatic rings. The smallest absolute Gasteiger partial charge is 0.305 e. The van der Waals surface area contributed by atoms with Gasteiger partial charge in [-0.25, -0.2) is 0 Å². The molecule has 8 N–H and O–H groups in total. The van der Waals surface area contributed by atoms with Gasteiger partial charge in [0.2, 0.25) is 29.5 Å². The average molecular weight is 719 g/mol. The van der Waals surface area contributed by atoms with Gasteiger partial charge in [-0.15, -0.1) is 0 Å². The first kappa shape index (κ1) is 39.1. The molecule has 0 bridgehead atoms. The summed E-state index contributed by atoms with van der Waals surface area (Å²) in [4.78, 5) is 91.2. The molecule has 0 saturated carbocycles. The van der Waals surface area contributed by atoms with Gasteiger partial charge in [0.25, 0.3) is 0 Å². The van der Waals surface area contributed by atoms with Crippen molar-refractivity contribution in [1.29, 1.82) is 0 Å². The number of aryl methyl sites for hydroxylation is 1. The predicted octanol–water partition coefficient (Wildman–Crippen LogP) is 1.34. The number of nitrogens with one attached hydrogen (secondary N) is 4. The highest BCUT2D eigenvalue weighted by atomic mass is 16.4. The van der Waals surface area contributed by atoms with Crippen molar-refractivity contribution in [3.05, 3.63) is 76.9 Å². The number of fused-ring (bicyclic) bond motifs is 2. The van der Waals surface area contributed by atoms with Crippen molar-refractivity contribution in [2.45, 2.75) is 89.5 Å². The maximum atomic E-state index is 14.4. The fourth-order valence-corrected chi connectivity index (χ4v) is 6.50. The quantitative estimate of drug-likeness (QED) is 0.123. The van der Waals surface area contributed by atoms with E-state index in [0.717, 1.165) is 28.5 Å². The van der Waals surface area contributed by atoms with E-state index in [4.69, 9.17) is 5.73 Å². The fraction of sp³-hybridized carbons (Fsp3) is 0.432. The van der Waals surface area contributed by atoms with E-state index < -0.39 is 84.0 Å². The summed E-state index contributed by atoms with van der Waals surface area (Å²) in [6.07, 6.45) is 2.20. The van der Waals surface area contributed by atoms with Crippen LogP contribution in [0, 0.1) is 12.8 Å². The number of carbonyl (C=O) groups is 7. The molecule has 0 aromatic heterocycles. The Morgan fingerprint density at radius 2 is 1.69 bits per heavy atom. The van der Waals surface area contributed by atoms with Gasteiger partial charge in [0.1, 0.15) is 24.2 Å². The molecule has 0 radical (unpaired) electrons. The Balaban J connectivity index is 1.58. The summed E-state index contributed by atoms with van der Waals surface area (Å²) in [5, 5.41) is 30.0. The average Bonchev–Trinajstić information content (AvgIpc) is 3.52. The van der Waals surface area contributed by atoms with E-state index >= 15 is 0 Å². The number of hydrogen-bond donors (Lipinski definition) is 7. The molecule has 2 aromatic rings. The third-order valence-corrected chi connectivity index (χ3v) is 9.11. The minimum Gasteiger partial charge on any atom is -0.481 e. The molecule has 278 valence electrons. The third kappa shape index (κ3) is 10.2. The third-order valence-electron chi connectivity index (χ3n) is 9.11. The number of carbonyl (C=O) groups excluding carboxylic acids is 5. The lowest BCUT2D eigenvalue weighted by atomic mass is 9.89. The van der Waals surface area contributed by atoms with Gasteiger partial charge in [-0.05, 0) is 54.9 Å². The van der Waals surface area contributed by atoms with Crippen LogP contribution >= 0.6 is 0 Å². The number of aliphatic carboxylic acids is 2. The molecule has 4 rings (SSSR count). The normalized spacial score (nSPS) is 18.0. The summed E-state index contributed by atoms with van der Waals surface area (Å²) < 4.78 is 0. The lowest BCUT2D eigenvalue weighted by Crippen LogP contribution is -2.59. The minimum atomic E-state index is -1.24. The second kappa shape index (κ2) is 17.5. The van der Waals surface area contributed by atoms with Crippen LogP contribution in [0.25, 0.3) is 0 Å². The zero-order chi connectivity index (χ0) is 38.1. The number of nitrogens with two attached hydrogens (primary N) is 1. The van der Waals surface area contributed by atoms with Crippen LogP contribution in [0.3, 0.4) is 0 Å². The van der Waals surface area contributed by atoms with E-state index in [2.05, 4.69) is 21.3 Å². The molecule has 2 aliphatic heterocycles. The molecule has 52 heavy (non-hydrogen) atoms. The van der Waals surface area contributed by atoms with Gasteiger partial charge >= 0.3 is 11.9 Å². The molecule has 5 atom stereocenters. The van der Waals surface area contributed by atoms with Crippen molar-refractivity contribution in [3.8, 4) is 0 Å². The molecular weight excluding hydrogens is 672 g/mol. The zero-order valence-corrected chi connectivity index (χ0v) is 29.4. The fourth-order valence-electron chi connectivity index (χ4n) is 6.50. The molecular formula is C37H46N6O9. The zero-order valence-electron chi connectivity index (χ0n) is 29.4. The molecule has 0 fully saturated rings. The summed E-state index contributed by atoms with van der Waals surface area (Å²) in [6, 6.07) is 7.54. The Kier molecular flexibility index (Phi) is 13.1. The summed E-state index contributed by atoms with van der Waals surface area (Å²) in [6.45, 7) is 5.42. The number of rotatable bonds is 16. The van der Waals surface area contributed by atoms with Gasteiger partial charge in [0.15, 0.2) is 0 Å². The van der Waals surface area contributed by atoms with Crippen molar-refractivity contribution in [1.82, 2.24) is 20.9 Å². The number of para-hydroxylation sites is 1. The Labute approximate surface area is 301 Å². The van der Waals surface area contributed by atoms with Crippen LogP contribution in [-0.2, 0) is 46.4 Å². The molecule has 2 heterocycles. The minimum absolute atomic E-state index is 0.00615. The molecule has 0 spiro atoms. The summed E-state index contributed by atoms with van der Waals surface area (Å²) in [5.41, 5.74) is 9.22. The van der Waals surface area contributed by atoms with Gasteiger partial charge in [0.05, 0.1) is 12.5 Å². The van der Waals surface area contributed by atoms with E-state index in [1.807, 2.05) is 37.3 Å². The van der Waals surface area contributed by atoms with Crippen LogP contribution in [-0.4, -0.2) is 87.3 Å². The van der Waals surface area contributed by atoms with Gasteiger partial charge in [0, 0.05) is 31.1 Å². The number of nitrogens with zero attached hydrogens (tertiary/aromatic N) is 1. The van der Waals surface area contributed by atoms with Crippen LogP contribution in [0.4, 0.5) is 5.69 Å².